The fourth-order valence-electron chi connectivity index (χ4n) is 1.49. The molecule has 1 aromatic heterocycles. The highest BCUT2D eigenvalue weighted by Gasteiger charge is 2.15. The summed E-state index contributed by atoms with van der Waals surface area (Å²) in [5, 5.41) is 4.40. The van der Waals surface area contributed by atoms with E-state index in [-0.39, 0.29) is 0 Å². The second-order valence-electron chi connectivity index (χ2n) is 2.95. The van der Waals surface area contributed by atoms with E-state index in [9.17, 15) is 0 Å². The van der Waals surface area contributed by atoms with Gasteiger partial charge in [0.1, 0.15) is 4.60 Å². The molecule has 2 heterocycles. The Morgan fingerprint density at radius 2 is 2.17 bits per heavy atom. The molecule has 0 unspecified atom stereocenters. The lowest BCUT2D eigenvalue weighted by Crippen LogP contribution is -1.99. The number of halogens is 1. The van der Waals surface area contributed by atoms with E-state index in [1.807, 2.05) is 11.7 Å². The molecule has 66 valence electrons. The summed E-state index contributed by atoms with van der Waals surface area (Å²) in [6.07, 6.45) is 1.92. The van der Waals surface area contributed by atoms with E-state index in [1.54, 1.807) is 0 Å². The summed E-state index contributed by atoms with van der Waals surface area (Å²) in [6, 6.07) is 0. The molecule has 0 aliphatic carbocycles. The number of aromatic nitrogens is 2. The van der Waals surface area contributed by atoms with Crippen LogP contribution in [0.1, 0.15) is 11.3 Å². The number of hydrogen-bond acceptors (Lipinski definition) is 2. The molecule has 0 amide bonds. The average molecular weight is 231 g/mol. The van der Waals surface area contributed by atoms with Crippen molar-refractivity contribution in [3.8, 4) is 0 Å². The molecule has 0 fully saturated rings. The van der Waals surface area contributed by atoms with Crippen LogP contribution in [0.5, 0.6) is 0 Å². The van der Waals surface area contributed by atoms with Gasteiger partial charge in [-0.05, 0) is 15.9 Å². The standard InChI is InChI=1S/C8H11BrN2O/c1-11-8(9)6-2-4-12-5-3-7(6)10-11/h2-5H2,1H3. The Morgan fingerprint density at radius 3 is 3.00 bits per heavy atom. The van der Waals surface area contributed by atoms with Crippen molar-refractivity contribution in [1.82, 2.24) is 9.78 Å². The van der Waals surface area contributed by atoms with E-state index >= 15 is 0 Å². The van der Waals surface area contributed by atoms with E-state index in [0.717, 1.165) is 30.7 Å². The minimum absolute atomic E-state index is 0.802. The summed E-state index contributed by atoms with van der Waals surface area (Å²) in [7, 11) is 1.96. The molecule has 12 heavy (non-hydrogen) atoms. The van der Waals surface area contributed by atoms with Crippen LogP contribution in [0, 0.1) is 0 Å². The van der Waals surface area contributed by atoms with Crippen molar-refractivity contribution in [3.63, 3.8) is 0 Å². The van der Waals surface area contributed by atoms with Crippen LogP contribution in [-0.2, 0) is 24.6 Å². The van der Waals surface area contributed by atoms with Gasteiger partial charge in [-0.1, -0.05) is 0 Å². The zero-order chi connectivity index (χ0) is 8.55. The lowest BCUT2D eigenvalue weighted by atomic mass is 10.2. The summed E-state index contributed by atoms with van der Waals surface area (Å²) in [5.41, 5.74) is 2.50. The topological polar surface area (TPSA) is 27.1 Å². The zero-order valence-electron chi connectivity index (χ0n) is 7.01. The zero-order valence-corrected chi connectivity index (χ0v) is 8.60. The Labute approximate surface area is 79.8 Å². The van der Waals surface area contributed by atoms with Crippen LogP contribution in [0.2, 0.25) is 0 Å². The average Bonchev–Trinajstić information content (AvgIpc) is 2.30. The van der Waals surface area contributed by atoms with Gasteiger partial charge in [-0.15, -0.1) is 0 Å². The molecule has 1 aliphatic rings. The third kappa shape index (κ3) is 1.29. The van der Waals surface area contributed by atoms with Crippen LogP contribution < -0.4 is 0 Å². The Bertz CT molecular complexity index is 295. The largest absolute Gasteiger partial charge is 0.381 e. The van der Waals surface area contributed by atoms with Crippen LogP contribution >= 0.6 is 15.9 Å². The van der Waals surface area contributed by atoms with Gasteiger partial charge >= 0.3 is 0 Å². The molecule has 0 radical (unpaired) electrons. The summed E-state index contributed by atoms with van der Waals surface area (Å²) >= 11 is 3.52. The lowest BCUT2D eigenvalue weighted by Gasteiger charge is -1.97. The van der Waals surface area contributed by atoms with E-state index in [2.05, 4.69) is 21.0 Å². The first kappa shape index (κ1) is 8.26. The Morgan fingerprint density at radius 1 is 1.42 bits per heavy atom. The molecule has 0 N–H and O–H groups in total. The predicted molar refractivity (Wildman–Crippen MR) is 49.1 cm³/mol. The minimum atomic E-state index is 0.802. The number of hydrogen-bond donors (Lipinski definition) is 0. The first-order chi connectivity index (χ1) is 5.79. The van der Waals surface area contributed by atoms with E-state index in [1.165, 1.54) is 11.3 Å². The molecule has 2 rings (SSSR count). The summed E-state index contributed by atoms with van der Waals surface area (Å²) in [6.45, 7) is 1.62. The van der Waals surface area contributed by atoms with Gasteiger partial charge in [0.05, 0.1) is 18.9 Å². The molecular weight excluding hydrogens is 220 g/mol. The Kier molecular flexibility index (Phi) is 2.19. The van der Waals surface area contributed by atoms with Crippen molar-refractivity contribution in [1.29, 1.82) is 0 Å². The number of nitrogens with zero attached hydrogens (tertiary/aromatic N) is 2. The van der Waals surface area contributed by atoms with Crippen molar-refractivity contribution in [2.45, 2.75) is 12.8 Å². The van der Waals surface area contributed by atoms with Crippen molar-refractivity contribution in [3.05, 3.63) is 15.9 Å². The molecule has 4 heteroatoms. The minimum Gasteiger partial charge on any atom is -0.381 e. The highest BCUT2D eigenvalue weighted by molar-refractivity contribution is 9.10. The summed E-state index contributed by atoms with van der Waals surface area (Å²) in [4.78, 5) is 0. The van der Waals surface area contributed by atoms with E-state index in [0.29, 0.717) is 0 Å². The normalized spacial score (nSPS) is 17.2. The van der Waals surface area contributed by atoms with Gasteiger partial charge in [0.15, 0.2) is 0 Å². The van der Waals surface area contributed by atoms with Crippen molar-refractivity contribution in [2.75, 3.05) is 13.2 Å². The monoisotopic (exact) mass is 230 g/mol. The maximum absolute atomic E-state index is 5.36. The van der Waals surface area contributed by atoms with E-state index < -0.39 is 0 Å². The fourth-order valence-corrected chi connectivity index (χ4v) is 2.00. The molecule has 0 bridgehead atoms. The highest BCUT2D eigenvalue weighted by atomic mass is 79.9. The van der Waals surface area contributed by atoms with Gasteiger partial charge in [-0.25, -0.2) is 0 Å². The van der Waals surface area contributed by atoms with Gasteiger partial charge in [0.25, 0.3) is 0 Å². The molecule has 1 aliphatic heterocycles. The van der Waals surface area contributed by atoms with Gasteiger partial charge < -0.3 is 4.74 Å². The fraction of sp³-hybridized carbons (Fsp3) is 0.625. The van der Waals surface area contributed by atoms with Gasteiger partial charge in [0, 0.05) is 25.5 Å². The molecule has 0 saturated heterocycles. The van der Waals surface area contributed by atoms with E-state index in [4.69, 9.17) is 4.74 Å². The smallest absolute Gasteiger partial charge is 0.107 e. The molecule has 0 saturated carbocycles. The van der Waals surface area contributed by atoms with Crippen molar-refractivity contribution < 1.29 is 4.74 Å². The maximum atomic E-state index is 5.36. The number of rotatable bonds is 0. The highest BCUT2D eigenvalue weighted by Crippen LogP contribution is 2.22. The number of ether oxygens (including phenoxy) is 1. The third-order valence-electron chi connectivity index (χ3n) is 2.13. The third-order valence-corrected chi connectivity index (χ3v) is 3.12. The van der Waals surface area contributed by atoms with Crippen molar-refractivity contribution in [2.24, 2.45) is 7.05 Å². The molecule has 0 spiro atoms. The van der Waals surface area contributed by atoms with Crippen LogP contribution in [0.15, 0.2) is 4.60 Å². The molecule has 3 nitrogen and oxygen atoms in total. The van der Waals surface area contributed by atoms with Crippen LogP contribution in [0.4, 0.5) is 0 Å². The summed E-state index contributed by atoms with van der Waals surface area (Å²) < 4.78 is 8.34. The molecule has 0 atom stereocenters. The quantitative estimate of drug-likeness (QED) is 0.672. The molecule has 0 aromatic carbocycles. The van der Waals surface area contributed by atoms with Crippen LogP contribution in [0.3, 0.4) is 0 Å². The molecular formula is C8H11BrN2O. The first-order valence-electron chi connectivity index (χ1n) is 4.07. The van der Waals surface area contributed by atoms with Gasteiger partial charge in [-0.2, -0.15) is 5.10 Å². The number of aryl methyl sites for hydroxylation is 1. The second kappa shape index (κ2) is 3.18. The molecule has 1 aromatic rings. The SMILES string of the molecule is Cn1nc2c(c1Br)CCOCC2. The Balaban J connectivity index is 2.42. The second-order valence-corrected chi connectivity index (χ2v) is 3.70. The van der Waals surface area contributed by atoms with Crippen LogP contribution in [-0.4, -0.2) is 23.0 Å². The summed E-state index contributed by atoms with van der Waals surface area (Å²) in [5.74, 6) is 0. The first-order valence-corrected chi connectivity index (χ1v) is 4.86. The predicted octanol–water partition coefficient (Wildman–Crippen LogP) is 1.30. The van der Waals surface area contributed by atoms with Crippen molar-refractivity contribution >= 4 is 15.9 Å². The van der Waals surface area contributed by atoms with Crippen LogP contribution in [0.25, 0.3) is 0 Å². The lowest BCUT2D eigenvalue weighted by molar-refractivity contribution is 0.145. The maximum Gasteiger partial charge on any atom is 0.107 e. The Hall–Kier alpha value is -0.350. The number of fused-ring (bicyclic) bond motifs is 1. The van der Waals surface area contributed by atoms with Gasteiger partial charge in [0.2, 0.25) is 0 Å². The van der Waals surface area contributed by atoms with Gasteiger partial charge in [-0.3, -0.25) is 4.68 Å².